The Balaban J connectivity index is 1.31. The number of carbonyl (C=O) groups excluding carboxylic acids is 2. The highest BCUT2D eigenvalue weighted by Gasteiger charge is 2.29. The highest BCUT2D eigenvalue weighted by atomic mass is 16.5. The molecule has 1 aliphatic heterocycles. The molecule has 0 radical (unpaired) electrons. The number of aliphatic hydroxyl groups excluding tert-OH is 1. The van der Waals surface area contributed by atoms with E-state index in [2.05, 4.69) is 10.3 Å². The first-order valence-corrected chi connectivity index (χ1v) is 11.8. The number of hydrogen-bond donors (Lipinski definition) is 2. The lowest BCUT2D eigenvalue weighted by Crippen LogP contribution is -2.35. The average Bonchev–Trinajstić information content (AvgIpc) is 3.36. The molecule has 1 aromatic heterocycles. The van der Waals surface area contributed by atoms with E-state index in [9.17, 15) is 14.7 Å². The lowest BCUT2D eigenvalue weighted by atomic mass is 10.0. The van der Waals surface area contributed by atoms with Crippen molar-refractivity contribution in [1.29, 1.82) is 0 Å². The van der Waals surface area contributed by atoms with Crippen molar-refractivity contribution in [2.75, 3.05) is 14.2 Å². The van der Waals surface area contributed by atoms with E-state index in [1.54, 1.807) is 24.2 Å². The van der Waals surface area contributed by atoms with Gasteiger partial charge in [0.25, 0.3) is 5.91 Å². The number of hydrogen-bond acceptors (Lipinski definition) is 6. The molecule has 1 fully saturated rings. The Hall–Kier alpha value is -3.55. The van der Waals surface area contributed by atoms with E-state index in [0.717, 1.165) is 36.0 Å². The summed E-state index contributed by atoms with van der Waals surface area (Å²) in [6, 6.07) is 19.5. The molecule has 3 aromatic rings. The molecule has 1 unspecified atom stereocenters. The van der Waals surface area contributed by atoms with Gasteiger partial charge in [0, 0.05) is 43.6 Å². The van der Waals surface area contributed by atoms with Crippen molar-refractivity contribution in [3.63, 3.8) is 0 Å². The molecule has 1 aliphatic rings. The molecule has 7 heteroatoms. The van der Waals surface area contributed by atoms with E-state index in [1.165, 1.54) is 13.3 Å². The van der Waals surface area contributed by atoms with E-state index < -0.39 is 12.1 Å². The van der Waals surface area contributed by atoms with Gasteiger partial charge in [0.15, 0.2) is 0 Å². The maximum absolute atomic E-state index is 12.9. The fourth-order valence-corrected chi connectivity index (χ4v) is 4.58. The third-order valence-corrected chi connectivity index (χ3v) is 6.46. The lowest BCUT2D eigenvalue weighted by molar-refractivity contribution is 0.0600. The van der Waals surface area contributed by atoms with E-state index in [0.29, 0.717) is 17.7 Å². The smallest absolute Gasteiger partial charge is 0.339 e. The number of ether oxygens (including phenoxy) is 1. The highest BCUT2D eigenvalue weighted by Crippen LogP contribution is 2.26. The monoisotopic (exact) mass is 473 g/mol. The van der Waals surface area contributed by atoms with Gasteiger partial charge in [-0.2, -0.15) is 0 Å². The van der Waals surface area contributed by atoms with E-state index >= 15 is 0 Å². The van der Waals surface area contributed by atoms with Crippen molar-refractivity contribution in [3.05, 3.63) is 101 Å². The molecular formula is C28H31N3O4. The number of pyridine rings is 1. The fourth-order valence-electron chi connectivity index (χ4n) is 4.58. The van der Waals surface area contributed by atoms with Gasteiger partial charge >= 0.3 is 5.97 Å². The van der Waals surface area contributed by atoms with Crippen molar-refractivity contribution in [2.24, 2.45) is 0 Å². The Kier molecular flexibility index (Phi) is 7.90. The Bertz CT molecular complexity index is 1150. The minimum Gasteiger partial charge on any atom is -0.465 e. The average molecular weight is 474 g/mol. The molecule has 7 nitrogen and oxygen atoms in total. The van der Waals surface area contributed by atoms with Gasteiger partial charge in [-0.1, -0.05) is 42.5 Å². The summed E-state index contributed by atoms with van der Waals surface area (Å²) in [5.41, 5.74) is 3.79. The normalized spacial score (nSPS) is 18.1. The second-order valence-electron chi connectivity index (χ2n) is 9.04. The summed E-state index contributed by atoms with van der Waals surface area (Å²) in [5, 5.41) is 14.3. The Morgan fingerprint density at radius 2 is 1.80 bits per heavy atom. The predicted molar refractivity (Wildman–Crippen MR) is 133 cm³/mol. The lowest BCUT2D eigenvalue weighted by Gasteiger charge is -2.20. The summed E-state index contributed by atoms with van der Waals surface area (Å²) in [5.74, 6) is -0.563. The Labute approximate surface area is 205 Å². The van der Waals surface area contributed by atoms with Crippen LogP contribution in [0.1, 0.15) is 56.4 Å². The van der Waals surface area contributed by atoms with Crippen molar-refractivity contribution in [3.8, 4) is 0 Å². The molecule has 0 bridgehead atoms. The van der Waals surface area contributed by atoms with Crippen LogP contribution in [0.5, 0.6) is 0 Å². The molecule has 2 N–H and O–H groups in total. The molecule has 0 spiro atoms. The second-order valence-corrected chi connectivity index (χ2v) is 9.04. The van der Waals surface area contributed by atoms with Crippen molar-refractivity contribution in [1.82, 2.24) is 15.2 Å². The molecule has 3 atom stereocenters. The van der Waals surface area contributed by atoms with Crippen molar-refractivity contribution >= 4 is 11.9 Å². The maximum atomic E-state index is 12.9. The molecule has 1 amide bonds. The minimum atomic E-state index is -0.514. The Morgan fingerprint density at radius 3 is 2.51 bits per heavy atom. The summed E-state index contributed by atoms with van der Waals surface area (Å²) in [6.07, 6.45) is 5.33. The first kappa shape index (κ1) is 24.6. The van der Waals surface area contributed by atoms with Crippen molar-refractivity contribution < 1.29 is 19.4 Å². The second kappa shape index (κ2) is 11.3. The summed E-state index contributed by atoms with van der Waals surface area (Å²) in [7, 11) is 3.05. The number of carbonyl (C=O) groups is 2. The number of methoxy groups -OCH3 is 1. The van der Waals surface area contributed by atoms with Crippen LogP contribution in [0.2, 0.25) is 0 Å². The SMILES string of the molecule is COC(=O)c1cncc(CN(C)C(=O)c2ccc(C[C@@H]3CC[C@H](C(O)c4ccccc4)N3)cc2)c1. The predicted octanol–water partition coefficient (Wildman–Crippen LogP) is 3.54. The number of esters is 1. The zero-order chi connectivity index (χ0) is 24.8. The van der Waals surface area contributed by atoms with Crippen molar-refractivity contribution in [2.45, 2.75) is 44.0 Å². The summed E-state index contributed by atoms with van der Waals surface area (Å²) in [6.45, 7) is 0.329. The third kappa shape index (κ3) is 6.12. The first-order chi connectivity index (χ1) is 16.9. The molecule has 0 aliphatic carbocycles. The third-order valence-electron chi connectivity index (χ3n) is 6.46. The van der Waals surface area contributed by atoms with Gasteiger partial charge in [-0.3, -0.25) is 9.78 Å². The van der Waals surface area contributed by atoms with Gasteiger partial charge in [0.05, 0.1) is 18.8 Å². The van der Waals surface area contributed by atoms with Crippen LogP contribution in [0.4, 0.5) is 0 Å². The molecule has 2 heterocycles. The number of rotatable bonds is 8. The topological polar surface area (TPSA) is 91.8 Å². The van der Waals surface area contributed by atoms with Gasteiger partial charge in [-0.15, -0.1) is 0 Å². The standard InChI is InChI=1S/C28H31N3O4/c1-31(18-20-14-23(17-29-16-20)28(34)35-2)27(33)22-10-8-19(9-11-22)15-24-12-13-25(30-24)26(32)21-6-4-3-5-7-21/h3-11,14,16-17,24-26,30,32H,12-13,15,18H2,1-2H3/t24-,25+,26?/m0/s1. The zero-order valence-electron chi connectivity index (χ0n) is 20.1. The van der Waals surface area contributed by atoms with Gasteiger partial charge in [-0.25, -0.2) is 4.79 Å². The number of benzene rings is 2. The summed E-state index contributed by atoms with van der Waals surface area (Å²) < 4.78 is 4.73. The van der Waals surface area contributed by atoms with E-state index in [-0.39, 0.29) is 18.0 Å². The number of aromatic nitrogens is 1. The first-order valence-electron chi connectivity index (χ1n) is 11.8. The Morgan fingerprint density at radius 1 is 1.06 bits per heavy atom. The number of nitrogens with zero attached hydrogens (tertiary/aromatic N) is 2. The fraction of sp³-hybridized carbons (Fsp3) is 0.321. The van der Waals surface area contributed by atoms with Gasteiger partial charge in [-0.05, 0) is 54.2 Å². The van der Waals surface area contributed by atoms with Crippen LogP contribution >= 0.6 is 0 Å². The van der Waals surface area contributed by atoms with E-state index in [1.807, 2.05) is 54.6 Å². The number of nitrogens with one attached hydrogen (secondary N) is 1. The molecule has 0 saturated carbocycles. The summed E-state index contributed by atoms with van der Waals surface area (Å²) in [4.78, 5) is 30.3. The minimum absolute atomic E-state index is 0.0454. The quantitative estimate of drug-likeness (QED) is 0.487. The van der Waals surface area contributed by atoms with Crippen LogP contribution in [0.3, 0.4) is 0 Å². The van der Waals surface area contributed by atoms with Gasteiger partial charge in [0.2, 0.25) is 0 Å². The van der Waals surface area contributed by atoms with Gasteiger partial charge in [0.1, 0.15) is 0 Å². The molecular weight excluding hydrogens is 442 g/mol. The molecule has 1 saturated heterocycles. The van der Waals surface area contributed by atoms with Gasteiger partial charge < -0.3 is 20.1 Å². The molecule has 2 aromatic carbocycles. The number of aliphatic hydroxyl groups is 1. The van der Waals surface area contributed by atoms with Crippen LogP contribution in [0.15, 0.2) is 73.1 Å². The van der Waals surface area contributed by atoms with Crippen LogP contribution < -0.4 is 5.32 Å². The van der Waals surface area contributed by atoms with E-state index in [4.69, 9.17) is 4.74 Å². The largest absolute Gasteiger partial charge is 0.465 e. The van der Waals surface area contributed by atoms with Crippen LogP contribution in [-0.4, -0.2) is 53.1 Å². The van der Waals surface area contributed by atoms with Crippen LogP contribution in [0.25, 0.3) is 0 Å². The van der Waals surface area contributed by atoms with Crippen LogP contribution in [0, 0.1) is 0 Å². The van der Waals surface area contributed by atoms with Crippen LogP contribution in [-0.2, 0) is 17.7 Å². The summed E-state index contributed by atoms with van der Waals surface area (Å²) >= 11 is 0. The number of amides is 1. The zero-order valence-corrected chi connectivity index (χ0v) is 20.1. The molecule has 35 heavy (non-hydrogen) atoms. The maximum Gasteiger partial charge on any atom is 0.339 e. The molecule has 4 rings (SSSR count). The molecule has 182 valence electrons. The highest BCUT2D eigenvalue weighted by molar-refractivity contribution is 5.94.